The van der Waals surface area contributed by atoms with Gasteiger partial charge in [0.2, 0.25) is 0 Å². The van der Waals surface area contributed by atoms with Crippen LogP contribution in [0, 0.1) is 30.9 Å². The molecule has 3 unspecified atom stereocenters. The Kier molecular flexibility index (Phi) is 10.4. The van der Waals surface area contributed by atoms with Crippen molar-refractivity contribution < 1.29 is 27.1 Å². The van der Waals surface area contributed by atoms with Crippen LogP contribution in [0.5, 0.6) is 6.01 Å². The third-order valence-electron chi connectivity index (χ3n) is 10.3. The lowest BCUT2D eigenvalue weighted by Crippen LogP contribution is -2.37. The average molecular weight is 739 g/mol. The third-order valence-corrected chi connectivity index (χ3v) is 10.3. The Labute approximate surface area is 309 Å². The number of carbonyl (C=O) groups is 1. The molecule has 0 aliphatic carbocycles. The second-order valence-electron chi connectivity index (χ2n) is 13.6. The van der Waals surface area contributed by atoms with E-state index in [4.69, 9.17) is 11.2 Å². The highest BCUT2D eigenvalue weighted by atomic mass is 19.1. The lowest BCUT2D eigenvalue weighted by atomic mass is 9.96. The summed E-state index contributed by atoms with van der Waals surface area (Å²) in [5.41, 5.74) is 0.472. The van der Waals surface area contributed by atoms with Gasteiger partial charge in [0, 0.05) is 68.2 Å². The number of halogens is 4. The third kappa shape index (κ3) is 7.15. The van der Waals surface area contributed by atoms with Crippen LogP contribution in [0.15, 0.2) is 54.6 Å². The molecule has 0 saturated carbocycles. The zero-order valence-corrected chi connectivity index (χ0v) is 30.1. The molecule has 278 valence electrons. The fraction of sp³-hybridized carbons (Fsp3) is 0.350. The summed E-state index contributed by atoms with van der Waals surface area (Å²) in [6.45, 7) is 4.02. The monoisotopic (exact) mass is 738 g/mol. The second kappa shape index (κ2) is 15.4. The minimum atomic E-state index is -0.939. The number of hydrogen-bond donors (Lipinski definition) is 0. The molecule has 0 radical (unpaired) electrons. The van der Waals surface area contributed by atoms with Crippen molar-refractivity contribution in [2.45, 2.75) is 50.9 Å². The molecule has 3 aliphatic heterocycles. The molecule has 3 aromatic heterocycles. The van der Waals surface area contributed by atoms with Crippen molar-refractivity contribution in [3.8, 4) is 29.6 Å². The van der Waals surface area contributed by atoms with Crippen LogP contribution >= 0.6 is 0 Å². The fourth-order valence-electron chi connectivity index (χ4n) is 7.60. The van der Waals surface area contributed by atoms with E-state index in [0.29, 0.717) is 59.2 Å². The molecule has 0 bridgehead atoms. The van der Waals surface area contributed by atoms with Crippen molar-refractivity contribution in [2.75, 3.05) is 45.2 Å². The summed E-state index contributed by atoms with van der Waals surface area (Å²) in [5, 5.41) is 1.27. The van der Waals surface area contributed by atoms with Crippen molar-refractivity contribution >= 4 is 39.5 Å². The highest BCUT2D eigenvalue weighted by molar-refractivity contribution is 6.02. The van der Waals surface area contributed by atoms with Crippen LogP contribution in [0.4, 0.5) is 23.4 Å². The number of rotatable bonds is 6. The maximum atomic E-state index is 16.3. The Morgan fingerprint density at radius 2 is 1.91 bits per heavy atom. The molecule has 3 saturated heterocycles. The smallest absolute Gasteiger partial charge is 0.318 e. The minimum absolute atomic E-state index is 0.00357. The number of pyridine rings is 1. The zero-order chi connectivity index (χ0) is 38.1. The van der Waals surface area contributed by atoms with Crippen molar-refractivity contribution in [3.05, 3.63) is 83.3 Å². The Balaban J connectivity index is 0.000000433. The summed E-state index contributed by atoms with van der Waals surface area (Å²) in [6, 6.07) is 9.68. The van der Waals surface area contributed by atoms with Crippen LogP contribution in [-0.4, -0.2) is 99.2 Å². The lowest BCUT2D eigenvalue weighted by molar-refractivity contribution is -0.127. The van der Waals surface area contributed by atoms with E-state index in [1.165, 1.54) is 49.4 Å². The Morgan fingerprint density at radius 3 is 2.67 bits per heavy atom. The average Bonchev–Trinajstić information content (AvgIpc) is 3.92. The van der Waals surface area contributed by atoms with Gasteiger partial charge in [0.05, 0.1) is 23.8 Å². The number of alkyl halides is 1. The number of aryl methyl sites for hydroxylation is 1. The number of fused-ring (bicyclic) bond motifs is 3. The van der Waals surface area contributed by atoms with Crippen molar-refractivity contribution in [1.82, 2.24) is 34.7 Å². The summed E-state index contributed by atoms with van der Waals surface area (Å²) >= 11 is 0. The molecule has 1 amide bonds. The van der Waals surface area contributed by atoms with E-state index in [0.717, 1.165) is 19.0 Å². The molecule has 0 spiro atoms. The van der Waals surface area contributed by atoms with E-state index in [2.05, 4.69) is 35.7 Å². The number of hydrogen-bond acceptors (Lipinski definition) is 9. The van der Waals surface area contributed by atoms with Gasteiger partial charge in [0.25, 0.3) is 5.91 Å². The number of amides is 1. The first-order valence-electron chi connectivity index (χ1n) is 17.7. The molecule has 3 aliphatic rings. The van der Waals surface area contributed by atoms with Crippen LogP contribution in [0.3, 0.4) is 0 Å². The van der Waals surface area contributed by atoms with Gasteiger partial charge in [-0.2, -0.15) is 9.97 Å². The molecule has 3 atom stereocenters. The molecule has 8 rings (SSSR count). The summed E-state index contributed by atoms with van der Waals surface area (Å²) in [7, 11) is 3.11. The molecule has 3 fully saturated rings. The maximum Gasteiger partial charge on any atom is 0.318 e. The fourth-order valence-corrected chi connectivity index (χ4v) is 7.60. The van der Waals surface area contributed by atoms with Crippen LogP contribution in [0.1, 0.15) is 42.8 Å². The zero-order valence-electron chi connectivity index (χ0n) is 30.1. The summed E-state index contributed by atoms with van der Waals surface area (Å²) in [5.74, 6) is 0.0785. The molecule has 6 heterocycles. The number of benzene rings is 2. The topological polar surface area (TPSA) is 100 Å². The normalized spacial score (nSPS) is 19.8. The number of ether oxygens (including phenoxy) is 1. The SMILES string of the molecule is C#Cc1c(F)ccc2cccc(-c3ncc4c(N(C)C5CCN(C(=O)/C(F)=C/c6ccnc(C)n6)C5)nc(OC)nc4c3F)c12.FC1CC2CCCN2C1. The van der Waals surface area contributed by atoms with Crippen LogP contribution in [0.25, 0.3) is 39.0 Å². The number of carbonyl (C=O) groups excluding carboxylic acids is 1. The van der Waals surface area contributed by atoms with Gasteiger partial charge >= 0.3 is 6.01 Å². The van der Waals surface area contributed by atoms with Gasteiger partial charge in [-0.15, -0.1) is 6.42 Å². The van der Waals surface area contributed by atoms with Crippen molar-refractivity contribution in [2.24, 2.45) is 0 Å². The molecule has 0 N–H and O–H groups in total. The van der Waals surface area contributed by atoms with E-state index in [1.54, 1.807) is 43.1 Å². The van der Waals surface area contributed by atoms with Crippen molar-refractivity contribution in [1.29, 1.82) is 0 Å². The van der Waals surface area contributed by atoms with Gasteiger partial charge < -0.3 is 14.5 Å². The van der Waals surface area contributed by atoms with Gasteiger partial charge in [-0.3, -0.25) is 14.7 Å². The summed E-state index contributed by atoms with van der Waals surface area (Å²) in [6.07, 6.45) is 13.0. The Morgan fingerprint density at radius 1 is 1.07 bits per heavy atom. The number of aromatic nitrogens is 5. The Bertz CT molecular complexity index is 2300. The van der Waals surface area contributed by atoms with E-state index >= 15 is 4.39 Å². The highest BCUT2D eigenvalue weighted by Gasteiger charge is 2.35. The number of methoxy groups -OCH3 is 1. The van der Waals surface area contributed by atoms with Gasteiger partial charge in [-0.25, -0.2) is 27.5 Å². The first-order valence-corrected chi connectivity index (χ1v) is 17.7. The highest BCUT2D eigenvalue weighted by Crippen LogP contribution is 2.37. The van der Waals surface area contributed by atoms with E-state index in [-0.39, 0.29) is 40.8 Å². The first-order chi connectivity index (χ1) is 26.1. The number of nitrogens with zero attached hydrogens (tertiary/aromatic N) is 8. The molecular formula is C40H38F4N8O2. The maximum absolute atomic E-state index is 16.3. The second-order valence-corrected chi connectivity index (χ2v) is 13.6. The number of terminal acetylenes is 1. The predicted octanol–water partition coefficient (Wildman–Crippen LogP) is 6.45. The largest absolute Gasteiger partial charge is 0.467 e. The van der Waals surface area contributed by atoms with Gasteiger partial charge in [0.1, 0.15) is 34.8 Å². The van der Waals surface area contributed by atoms with Crippen LogP contribution in [-0.2, 0) is 4.79 Å². The molecule has 10 nitrogen and oxygen atoms in total. The predicted molar refractivity (Wildman–Crippen MR) is 198 cm³/mol. The Hall–Kier alpha value is -5.68. The molecular weight excluding hydrogens is 700 g/mol. The van der Waals surface area contributed by atoms with Crippen LogP contribution < -0.4 is 9.64 Å². The number of likely N-dealkylation sites (N-methyl/N-ethyl adjacent to an activating group) is 1. The van der Waals surface area contributed by atoms with Gasteiger partial charge in [-0.1, -0.05) is 30.2 Å². The van der Waals surface area contributed by atoms with Gasteiger partial charge in [-0.05, 0) is 56.7 Å². The van der Waals surface area contributed by atoms with Gasteiger partial charge in [0.15, 0.2) is 11.6 Å². The summed E-state index contributed by atoms with van der Waals surface area (Å²) in [4.78, 5) is 39.6. The van der Waals surface area contributed by atoms with Crippen molar-refractivity contribution in [3.63, 3.8) is 0 Å². The molecule has 2 aromatic carbocycles. The lowest BCUT2D eigenvalue weighted by Gasteiger charge is -2.27. The minimum Gasteiger partial charge on any atom is -0.467 e. The first kappa shape index (κ1) is 36.7. The summed E-state index contributed by atoms with van der Waals surface area (Å²) < 4.78 is 63.8. The standard InChI is InChI=1S/C33H26F3N7O2.C7H12FN/c1-5-22-25(34)10-9-19-7-6-8-23(27(19)22)29-28(36)30-24(16-38-29)31(41-33(40-30)45-4)42(3)21-12-14-43(17-21)32(44)26(35)15-20-11-13-37-18(2)39-20;8-6-4-7-2-1-3-9(7)5-6/h1,6-11,13,15-16,21H,12,14,17H2,2-4H3;6-7H,1-5H2/b26-15-;. The number of likely N-dealkylation sites (tertiary alicyclic amines) is 1. The molecule has 5 aromatic rings. The quantitative estimate of drug-likeness (QED) is 0.111. The van der Waals surface area contributed by atoms with E-state index in [9.17, 15) is 18.0 Å². The number of anilines is 1. The molecule has 14 heteroatoms. The van der Waals surface area contributed by atoms with E-state index < -0.39 is 29.5 Å². The van der Waals surface area contributed by atoms with Crippen LogP contribution in [0.2, 0.25) is 0 Å². The van der Waals surface area contributed by atoms with E-state index in [1.807, 2.05) is 0 Å². The molecule has 54 heavy (non-hydrogen) atoms.